The van der Waals surface area contributed by atoms with Gasteiger partial charge in [0, 0.05) is 6.08 Å². The second kappa shape index (κ2) is 16.3. The highest BCUT2D eigenvalue weighted by Gasteiger charge is 1.98. The van der Waals surface area contributed by atoms with Crippen LogP contribution < -0.4 is 0 Å². The summed E-state index contributed by atoms with van der Waals surface area (Å²) in [7, 11) is 0. The van der Waals surface area contributed by atoms with E-state index in [1.165, 1.54) is 24.8 Å². The number of hydrogen-bond acceptors (Lipinski definition) is 3. The summed E-state index contributed by atoms with van der Waals surface area (Å²) < 4.78 is 0. The number of aliphatic hydroxyl groups is 1. The normalized spacial score (nSPS) is 13.9. The standard InChI is InChI=1S/C9H12O.C4H6O3.C2H6/c10-8-4-7-9-5-2-1-3-6-9;5-3-1-2-4(6)7;1-2/h4-5,7-8H,1-3,6H2;1-2,5H,3H2,(H,6,7);1-2H3/b7-4+;2-1-;. The molecule has 4 nitrogen and oxygen atoms in total. The number of carboxylic acid groups (broad SMARTS) is 1. The molecule has 0 saturated heterocycles. The first kappa shape index (κ1) is 19.7. The molecule has 1 rings (SSSR count). The van der Waals surface area contributed by atoms with Crippen LogP contribution in [0.2, 0.25) is 0 Å². The van der Waals surface area contributed by atoms with Crippen molar-refractivity contribution in [1.82, 2.24) is 0 Å². The molecule has 1 aliphatic rings. The van der Waals surface area contributed by atoms with Gasteiger partial charge in [-0.05, 0) is 31.8 Å². The Hall–Kier alpha value is -1.68. The molecule has 0 spiro atoms. The number of carboxylic acids is 1. The van der Waals surface area contributed by atoms with E-state index in [9.17, 15) is 9.59 Å². The lowest BCUT2D eigenvalue weighted by Gasteiger charge is -2.06. The van der Waals surface area contributed by atoms with Crippen LogP contribution in [0.15, 0.2) is 36.0 Å². The zero-order valence-electron chi connectivity index (χ0n) is 11.7. The minimum atomic E-state index is -1.03. The predicted molar refractivity (Wildman–Crippen MR) is 77.0 cm³/mol. The lowest BCUT2D eigenvalue weighted by molar-refractivity contribution is -0.131. The summed E-state index contributed by atoms with van der Waals surface area (Å²) in [6.07, 6.45) is 13.5. The number of allylic oxidation sites excluding steroid dienone is 4. The summed E-state index contributed by atoms with van der Waals surface area (Å²) in [5.41, 5.74) is 1.32. The van der Waals surface area contributed by atoms with Crippen LogP contribution >= 0.6 is 0 Å². The molecule has 0 aromatic carbocycles. The number of aldehydes is 1. The van der Waals surface area contributed by atoms with Crippen molar-refractivity contribution in [2.24, 2.45) is 0 Å². The van der Waals surface area contributed by atoms with E-state index in [2.05, 4.69) is 6.08 Å². The summed E-state index contributed by atoms with van der Waals surface area (Å²) >= 11 is 0. The molecule has 0 bridgehead atoms. The first-order valence-corrected chi connectivity index (χ1v) is 6.52. The molecule has 0 radical (unpaired) electrons. The molecule has 2 N–H and O–H groups in total. The Morgan fingerprint density at radius 1 is 1.37 bits per heavy atom. The highest BCUT2D eigenvalue weighted by molar-refractivity contribution is 5.79. The Bertz CT molecular complexity index is 311. The van der Waals surface area contributed by atoms with Crippen LogP contribution in [0, 0.1) is 0 Å². The summed E-state index contributed by atoms with van der Waals surface area (Å²) in [4.78, 5) is 19.5. The van der Waals surface area contributed by atoms with Gasteiger partial charge in [0.1, 0.15) is 6.29 Å². The molecule has 0 aromatic heterocycles. The Morgan fingerprint density at radius 2 is 2.05 bits per heavy atom. The topological polar surface area (TPSA) is 74.6 Å². The van der Waals surface area contributed by atoms with Crippen LogP contribution in [0.5, 0.6) is 0 Å². The molecule has 0 atom stereocenters. The van der Waals surface area contributed by atoms with E-state index in [-0.39, 0.29) is 6.61 Å². The van der Waals surface area contributed by atoms with Gasteiger partial charge in [-0.3, -0.25) is 4.79 Å². The van der Waals surface area contributed by atoms with E-state index in [1.807, 2.05) is 19.9 Å². The molecule has 0 amide bonds. The van der Waals surface area contributed by atoms with Crippen LogP contribution in [0.4, 0.5) is 0 Å². The first-order valence-electron chi connectivity index (χ1n) is 6.52. The van der Waals surface area contributed by atoms with E-state index in [1.54, 1.807) is 6.08 Å². The number of carbonyl (C=O) groups is 2. The fraction of sp³-hybridized carbons (Fsp3) is 0.467. The Balaban J connectivity index is 0. The molecule has 0 aliphatic heterocycles. The molecule has 0 saturated carbocycles. The molecule has 1 aliphatic carbocycles. The van der Waals surface area contributed by atoms with Gasteiger partial charge in [-0.25, -0.2) is 4.79 Å². The third-order valence-electron chi connectivity index (χ3n) is 2.08. The SMILES string of the molecule is CC.O=C(O)/C=C\CO.O=C/C=C/C1=CCCCC1. The molecule has 0 heterocycles. The van der Waals surface area contributed by atoms with Crippen LogP contribution in [0.3, 0.4) is 0 Å². The quantitative estimate of drug-likeness (QED) is 0.607. The molecule has 0 unspecified atom stereocenters. The molecular formula is C15H24O4. The van der Waals surface area contributed by atoms with Gasteiger partial charge in [-0.1, -0.05) is 37.6 Å². The minimum absolute atomic E-state index is 0.216. The third-order valence-corrected chi connectivity index (χ3v) is 2.08. The van der Waals surface area contributed by atoms with Crippen molar-refractivity contribution in [2.75, 3.05) is 6.61 Å². The van der Waals surface area contributed by atoms with Gasteiger partial charge in [0.2, 0.25) is 0 Å². The van der Waals surface area contributed by atoms with Crippen molar-refractivity contribution in [3.8, 4) is 0 Å². The van der Waals surface area contributed by atoms with E-state index in [4.69, 9.17) is 10.2 Å². The predicted octanol–water partition coefficient (Wildman–Crippen LogP) is 2.89. The summed E-state index contributed by atoms with van der Waals surface area (Å²) in [6.45, 7) is 3.78. The van der Waals surface area contributed by atoms with E-state index >= 15 is 0 Å². The van der Waals surface area contributed by atoms with Crippen LogP contribution in [0.1, 0.15) is 39.5 Å². The molecule has 4 heteroatoms. The molecule has 0 aromatic rings. The first-order chi connectivity index (χ1) is 9.20. The molecular weight excluding hydrogens is 244 g/mol. The van der Waals surface area contributed by atoms with Crippen LogP contribution in [-0.4, -0.2) is 29.1 Å². The number of carbonyl (C=O) groups excluding carboxylic acids is 1. The number of hydrogen-bond donors (Lipinski definition) is 2. The monoisotopic (exact) mass is 268 g/mol. The van der Waals surface area contributed by atoms with Gasteiger partial charge in [0.05, 0.1) is 6.61 Å². The second-order valence-corrected chi connectivity index (χ2v) is 3.44. The highest BCUT2D eigenvalue weighted by Crippen LogP contribution is 2.17. The van der Waals surface area contributed by atoms with Gasteiger partial charge in [0.15, 0.2) is 0 Å². The third kappa shape index (κ3) is 16.3. The van der Waals surface area contributed by atoms with E-state index < -0.39 is 5.97 Å². The van der Waals surface area contributed by atoms with Gasteiger partial charge in [-0.2, -0.15) is 0 Å². The Morgan fingerprint density at radius 3 is 2.42 bits per heavy atom. The smallest absolute Gasteiger partial charge is 0.328 e. The Kier molecular flexibility index (Phi) is 16.9. The zero-order valence-corrected chi connectivity index (χ0v) is 11.7. The van der Waals surface area contributed by atoms with E-state index in [0.29, 0.717) is 0 Å². The molecule has 19 heavy (non-hydrogen) atoms. The summed E-state index contributed by atoms with van der Waals surface area (Å²) in [5.74, 6) is -1.03. The molecule has 0 fully saturated rings. The van der Waals surface area contributed by atoms with Gasteiger partial charge < -0.3 is 10.2 Å². The maximum Gasteiger partial charge on any atom is 0.328 e. The van der Waals surface area contributed by atoms with Gasteiger partial charge in [-0.15, -0.1) is 0 Å². The average Bonchev–Trinajstić information content (AvgIpc) is 2.47. The average molecular weight is 268 g/mol. The largest absolute Gasteiger partial charge is 0.478 e. The maximum absolute atomic E-state index is 9.93. The Labute approximate surface area is 115 Å². The fourth-order valence-corrected chi connectivity index (χ4v) is 1.33. The molecule has 108 valence electrons. The number of aliphatic hydroxyl groups excluding tert-OH is 1. The van der Waals surface area contributed by atoms with Crippen LogP contribution in [0.25, 0.3) is 0 Å². The second-order valence-electron chi connectivity index (χ2n) is 3.44. The van der Waals surface area contributed by atoms with Crippen molar-refractivity contribution >= 4 is 12.3 Å². The van der Waals surface area contributed by atoms with Gasteiger partial charge in [0.25, 0.3) is 0 Å². The maximum atomic E-state index is 9.93. The number of rotatable bonds is 4. The highest BCUT2D eigenvalue weighted by atomic mass is 16.4. The van der Waals surface area contributed by atoms with Crippen molar-refractivity contribution in [2.45, 2.75) is 39.5 Å². The van der Waals surface area contributed by atoms with Crippen molar-refractivity contribution in [1.29, 1.82) is 0 Å². The van der Waals surface area contributed by atoms with E-state index in [0.717, 1.165) is 24.9 Å². The minimum Gasteiger partial charge on any atom is -0.478 e. The number of aliphatic carboxylic acids is 1. The van der Waals surface area contributed by atoms with Gasteiger partial charge >= 0.3 is 5.97 Å². The summed E-state index contributed by atoms with van der Waals surface area (Å²) in [5, 5.41) is 15.8. The van der Waals surface area contributed by atoms with Crippen molar-refractivity contribution in [3.05, 3.63) is 36.0 Å². The zero-order chi connectivity index (χ0) is 14.9. The lowest BCUT2D eigenvalue weighted by atomic mass is 9.99. The lowest BCUT2D eigenvalue weighted by Crippen LogP contribution is -1.87. The van der Waals surface area contributed by atoms with Crippen LogP contribution in [-0.2, 0) is 9.59 Å². The van der Waals surface area contributed by atoms with Crippen molar-refractivity contribution in [3.63, 3.8) is 0 Å². The van der Waals surface area contributed by atoms with Crippen molar-refractivity contribution < 1.29 is 19.8 Å². The summed E-state index contributed by atoms with van der Waals surface area (Å²) in [6, 6.07) is 0. The fourth-order valence-electron chi connectivity index (χ4n) is 1.33.